The van der Waals surface area contributed by atoms with Crippen molar-refractivity contribution in [3.8, 4) is 5.75 Å². The van der Waals surface area contributed by atoms with Gasteiger partial charge in [0.2, 0.25) is 0 Å². The van der Waals surface area contributed by atoms with Crippen molar-refractivity contribution in [2.45, 2.75) is 6.18 Å². The second-order valence-corrected chi connectivity index (χ2v) is 5.92. The first kappa shape index (κ1) is 19.2. The molecule has 1 aliphatic rings. The number of nitrogens with one attached hydrogen (secondary N) is 1. The number of rotatable bonds is 5. The Morgan fingerprint density at radius 2 is 2.00 bits per heavy atom. The van der Waals surface area contributed by atoms with E-state index in [4.69, 9.17) is 21.4 Å². The van der Waals surface area contributed by atoms with Gasteiger partial charge in [-0.1, -0.05) is 23.7 Å². The number of hydrogen-bond acceptors (Lipinski definition) is 3. The number of carboxylic acids is 1. The summed E-state index contributed by atoms with van der Waals surface area (Å²) in [4.78, 5) is 23.8. The number of aliphatic carboxylic acids is 1. The third-order valence-corrected chi connectivity index (χ3v) is 4.13. The summed E-state index contributed by atoms with van der Waals surface area (Å²) in [5.74, 6) is -4.89. The van der Waals surface area contributed by atoms with E-state index in [2.05, 4.69) is 5.32 Å². The number of alkyl halides is 3. The molecule has 1 heterocycles. The van der Waals surface area contributed by atoms with Crippen LogP contribution in [0.25, 0.3) is 0 Å². The van der Waals surface area contributed by atoms with Crippen LogP contribution < -0.4 is 10.1 Å². The molecule has 6 nitrogen and oxygen atoms in total. The zero-order valence-corrected chi connectivity index (χ0v) is 13.7. The molecule has 1 aromatic rings. The molecule has 138 valence electrons. The molecule has 1 aliphatic heterocycles. The molecule has 0 spiro atoms. The molecule has 0 bridgehead atoms. The van der Waals surface area contributed by atoms with Gasteiger partial charge in [0.1, 0.15) is 12.4 Å². The van der Waals surface area contributed by atoms with Crippen molar-refractivity contribution in [3.05, 3.63) is 29.3 Å². The maximum Gasteiger partial charge on any atom is 0.394 e. The molecule has 0 aliphatic carbocycles. The monoisotopic (exact) mass is 380 g/mol. The van der Waals surface area contributed by atoms with Crippen LogP contribution in [0.1, 0.15) is 0 Å². The van der Waals surface area contributed by atoms with Gasteiger partial charge in [0.05, 0.1) is 23.4 Å². The molecule has 1 aromatic carbocycles. The normalized spacial score (nSPS) is 20.4. The van der Waals surface area contributed by atoms with Crippen LogP contribution in [0, 0.1) is 11.8 Å². The molecule has 0 unspecified atom stereocenters. The summed E-state index contributed by atoms with van der Waals surface area (Å²) in [7, 11) is 0. The molecule has 0 aromatic heterocycles. The maximum absolute atomic E-state index is 12.9. The van der Waals surface area contributed by atoms with E-state index in [9.17, 15) is 22.8 Å². The van der Waals surface area contributed by atoms with Crippen molar-refractivity contribution >= 4 is 23.6 Å². The number of para-hydroxylation sites is 1. The second kappa shape index (κ2) is 7.81. The van der Waals surface area contributed by atoms with Crippen LogP contribution in [-0.4, -0.2) is 54.4 Å². The van der Waals surface area contributed by atoms with E-state index in [1.807, 2.05) is 0 Å². The molecule has 2 N–H and O–H groups in total. The van der Waals surface area contributed by atoms with Gasteiger partial charge in [0, 0.05) is 13.1 Å². The van der Waals surface area contributed by atoms with Crippen LogP contribution in [0.15, 0.2) is 24.3 Å². The van der Waals surface area contributed by atoms with E-state index in [0.717, 1.165) is 4.90 Å². The van der Waals surface area contributed by atoms with Gasteiger partial charge >= 0.3 is 18.2 Å². The Kier molecular flexibility index (Phi) is 5.99. The first-order valence-electron chi connectivity index (χ1n) is 7.39. The summed E-state index contributed by atoms with van der Waals surface area (Å²) >= 11 is 5.89. The van der Waals surface area contributed by atoms with Gasteiger partial charge in [-0.2, -0.15) is 13.2 Å². The zero-order chi connectivity index (χ0) is 18.6. The number of benzene rings is 1. The fraction of sp³-hybridized carbons (Fsp3) is 0.467. The number of carboxylic acid groups (broad SMARTS) is 1. The van der Waals surface area contributed by atoms with E-state index < -0.39 is 43.1 Å². The average Bonchev–Trinajstić information content (AvgIpc) is 2.99. The van der Waals surface area contributed by atoms with Crippen molar-refractivity contribution in [2.75, 3.05) is 26.2 Å². The van der Waals surface area contributed by atoms with Crippen LogP contribution in [0.4, 0.5) is 18.0 Å². The molecular weight excluding hydrogens is 365 g/mol. The van der Waals surface area contributed by atoms with Gasteiger partial charge in [0.25, 0.3) is 0 Å². The smallest absolute Gasteiger partial charge is 0.394 e. The van der Waals surface area contributed by atoms with E-state index in [0.29, 0.717) is 10.8 Å². The largest absolute Gasteiger partial charge is 0.490 e. The number of nitrogens with zero attached hydrogens (tertiary/aromatic N) is 1. The molecule has 2 atom stereocenters. The Morgan fingerprint density at radius 1 is 1.32 bits per heavy atom. The van der Waals surface area contributed by atoms with Crippen molar-refractivity contribution < 1.29 is 32.6 Å². The fourth-order valence-electron chi connectivity index (χ4n) is 2.54. The fourth-order valence-corrected chi connectivity index (χ4v) is 2.73. The molecule has 1 fully saturated rings. The predicted octanol–water partition coefficient (Wildman–Crippen LogP) is 2.62. The molecule has 1 saturated heterocycles. The number of halogens is 4. The van der Waals surface area contributed by atoms with Gasteiger partial charge in [-0.15, -0.1) is 0 Å². The van der Waals surface area contributed by atoms with Crippen LogP contribution in [-0.2, 0) is 4.79 Å². The highest BCUT2D eigenvalue weighted by Crippen LogP contribution is 2.37. The van der Waals surface area contributed by atoms with Crippen LogP contribution >= 0.6 is 11.6 Å². The number of urea groups is 1. The summed E-state index contributed by atoms with van der Waals surface area (Å²) in [5, 5.41) is 11.7. The molecule has 10 heteroatoms. The van der Waals surface area contributed by atoms with Gasteiger partial charge in [0.15, 0.2) is 0 Å². The third kappa shape index (κ3) is 4.91. The minimum absolute atomic E-state index is 0.0367. The van der Waals surface area contributed by atoms with Gasteiger partial charge < -0.3 is 20.1 Å². The van der Waals surface area contributed by atoms with Gasteiger partial charge in [-0.3, -0.25) is 4.79 Å². The van der Waals surface area contributed by atoms with E-state index in [1.165, 1.54) is 0 Å². The SMILES string of the molecule is O=C(O)[C@@H]1CN(C(=O)NCCOc2ccccc2Cl)C[C@H]1C(F)(F)F. The van der Waals surface area contributed by atoms with Crippen LogP contribution in [0.3, 0.4) is 0 Å². The molecule has 0 radical (unpaired) electrons. The summed E-state index contributed by atoms with van der Waals surface area (Å²) in [6, 6.07) is 5.94. The van der Waals surface area contributed by atoms with Crippen LogP contribution in [0.2, 0.25) is 5.02 Å². The topological polar surface area (TPSA) is 78.9 Å². The van der Waals surface area contributed by atoms with Crippen molar-refractivity contribution in [3.63, 3.8) is 0 Å². The maximum atomic E-state index is 12.9. The van der Waals surface area contributed by atoms with E-state index >= 15 is 0 Å². The lowest BCUT2D eigenvalue weighted by Gasteiger charge is -2.18. The van der Waals surface area contributed by atoms with Crippen molar-refractivity contribution in [1.29, 1.82) is 0 Å². The Hall–Kier alpha value is -2.16. The van der Waals surface area contributed by atoms with Gasteiger partial charge in [-0.05, 0) is 12.1 Å². The number of hydrogen-bond donors (Lipinski definition) is 2. The molecule has 0 saturated carbocycles. The lowest BCUT2D eigenvalue weighted by atomic mass is 9.96. The Labute approximate surface area is 146 Å². The van der Waals surface area contributed by atoms with Crippen molar-refractivity contribution in [1.82, 2.24) is 10.2 Å². The average molecular weight is 381 g/mol. The Balaban J connectivity index is 1.83. The third-order valence-electron chi connectivity index (χ3n) is 3.82. The molecule has 2 amide bonds. The molecule has 25 heavy (non-hydrogen) atoms. The first-order chi connectivity index (χ1) is 11.7. The minimum Gasteiger partial charge on any atom is -0.490 e. The molecule has 2 rings (SSSR count). The highest BCUT2D eigenvalue weighted by Gasteiger charge is 2.53. The summed E-state index contributed by atoms with van der Waals surface area (Å²) in [6.45, 7) is -1.07. The van der Waals surface area contributed by atoms with E-state index in [1.54, 1.807) is 24.3 Å². The standard InChI is InChI=1S/C15H16ClF3N2O4/c16-11-3-1-2-4-12(11)25-6-5-20-14(24)21-7-9(13(22)23)10(8-21)15(17,18)19/h1-4,9-10H,5-8H2,(H,20,24)(H,22,23)/t9-,10-/m1/s1. The number of carbonyl (C=O) groups is 2. The van der Waals surface area contributed by atoms with E-state index in [-0.39, 0.29) is 13.2 Å². The zero-order valence-electron chi connectivity index (χ0n) is 12.9. The van der Waals surface area contributed by atoms with Crippen LogP contribution in [0.5, 0.6) is 5.75 Å². The first-order valence-corrected chi connectivity index (χ1v) is 7.77. The predicted molar refractivity (Wildman–Crippen MR) is 82.6 cm³/mol. The quantitative estimate of drug-likeness (QED) is 0.770. The lowest BCUT2D eigenvalue weighted by molar-refractivity contribution is -0.187. The number of amides is 2. The number of likely N-dealkylation sites (tertiary alicyclic amines) is 1. The lowest BCUT2D eigenvalue weighted by Crippen LogP contribution is -2.41. The van der Waals surface area contributed by atoms with Crippen molar-refractivity contribution in [2.24, 2.45) is 11.8 Å². The Morgan fingerprint density at radius 3 is 2.56 bits per heavy atom. The minimum atomic E-state index is -4.68. The summed E-state index contributed by atoms with van der Waals surface area (Å²) in [5.41, 5.74) is 0. The number of carbonyl (C=O) groups excluding carboxylic acids is 1. The number of ether oxygens (including phenoxy) is 1. The Bertz CT molecular complexity index is 641. The second-order valence-electron chi connectivity index (χ2n) is 5.51. The highest BCUT2D eigenvalue weighted by atomic mass is 35.5. The summed E-state index contributed by atoms with van der Waals surface area (Å²) < 4.78 is 44.0. The summed E-state index contributed by atoms with van der Waals surface area (Å²) in [6.07, 6.45) is -4.68. The highest BCUT2D eigenvalue weighted by molar-refractivity contribution is 6.32. The molecular formula is C15H16ClF3N2O4. The van der Waals surface area contributed by atoms with Gasteiger partial charge in [-0.25, -0.2) is 4.79 Å².